The molecule has 2 aliphatic rings. The molecule has 3 rings (SSSR count). The molecule has 0 bridgehead atoms. The molecule has 1 aromatic rings. The maximum atomic E-state index is 12.4. The van der Waals surface area contributed by atoms with E-state index in [1.165, 1.54) is 10.5 Å². The Morgan fingerprint density at radius 3 is 2.52 bits per heavy atom. The van der Waals surface area contributed by atoms with E-state index in [1.54, 1.807) is 0 Å². The fourth-order valence-corrected chi connectivity index (χ4v) is 3.97. The number of hydrogen-bond donors (Lipinski definition) is 0. The molecule has 0 atom stereocenters. The van der Waals surface area contributed by atoms with E-state index in [0.717, 1.165) is 44.1 Å². The Bertz CT molecular complexity index is 541. The zero-order chi connectivity index (χ0) is 15.4. The Morgan fingerprint density at radius 2 is 1.91 bits per heavy atom. The van der Waals surface area contributed by atoms with Gasteiger partial charge in [-0.3, -0.25) is 4.79 Å². The first-order valence-corrected chi connectivity index (χ1v) is 9.06. The van der Waals surface area contributed by atoms with Gasteiger partial charge in [0.2, 0.25) is 5.91 Å². The van der Waals surface area contributed by atoms with Crippen molar-refractivity contribution in [3.63, 3.8) is 0 Å². The average molecular weight is 353 g/mol. The van der Waals surface area contributed by atoms with Crippen LogP contribution in [0, 0.1) is 5.92 Å². The van der Waals surface area contributed by atoms with Gasteiger partial charge in [-0.05, 0) is 42.6 Å². The summed E-state index contributed by atoms with van der Waals surface area (Å²) >= 11 is 1.81. The number of carbonyl (C=O) groups excluding carboxylic acids is 1. The summed E-state index contributed by atoms with van der Waals surface area (Å²) in [6.07, 6.45) is 5.51. The van der Waals surface area contributed by atoms with Gasteiger partial charge in [-0.1, -0.05) is 30.3 Å². The highest BCUT2D eigenvalue weighted by Gasteiger charge is 2.24. The van der Waals surface area contributed by atoms with Crippen molar-refractivity contribution in [1.29, 1.82) is 0 Å². The van der Waals surface area contributed by atoms with Crippen LogP contribution in [-0.4, -0.2) is 41.2 Å². The maximum Gasteiger partial charge on any atom is 0.242 e. The summed E-state index contributed by atoms with van der Waals surface area (Å²) in [6, 6.07) is 10.7. The topological polar surface area (TPSA) is 23.6 Å². The quantitative estimate of drug-likeness (QED) is 0.824. The van der Waals surface area contributed by atoms with Crippen molar-refractivity contribution >= 4 is 30.1 Å². The van der Waals surface area contributed by atoms with E-state index in [1.807, 2.05) is 16.7 Å². The molecule has 1 aromatic carbocycles. The first kappa shape index (κ1) is 18.2. The van der Waals surface area contributed by atoms with Gasteiger partial charge in [-0.25, -0.2) is 0 Å². The number of likely N-dealkylation sites (tertiary alicyclic amines) is 1. The Morgan fingerprint density at radius 1 is 1.22 bits per heavy atom. The number of rotatable bonds is 4. The van der Waals surface area contributed by atoms with Crippen LogP contribution in [0.5, 0.6) is 0 Å². The largest absolute Gasteiger partial charge is 0.358 e. The number of carbonyl (C=O) groups is 1. The second kappa shape index (κ2) is 8.65. The molecule has 0 N–H and O–H groups in total. The molecule has 2 heterocycles. The van der Waals surface area contributed by atoms with Gasteiger partial charge in [-0.15, -0.1) is 24.2 Å². The molecule has 1 amide bonds. The van der Waals surface area contributed by atoms with E-state index < -0.39 is 0 Å². The van der Waals surface area contributed by atoms with E-state index in [2.05, 4.69) is 48.4 Å². The molecule has 0 saturated carbocycles. The predicted molar refractivity (Wildman–Crippen MR) is 99.6 cm³/mol. The summed E-state index contributed by atoms with van der Waals surface area (Å²) in [5.74, 6) is 1.92. The van der Waals surface area contributed by atoms with Crippen LogP contribution in [0.15, 0.2) is 41.4 Å². The van der Waals surface area contributed by atoms with Crippen molar-refractivity contribution in [2.45, 2.75) is 26.2 Å². The lowest BCUT2D eigenvalue weighted by molar-refractivity contribution is -0.133. The normalized spacial score (nSPS) is 18.6. The van der Waals surface area contributed by atoms with Crippen LogP contribution < -0.4 is 0 Å². The van der Waals surface area contributed by atoms with E-state index >= 15 is 0 Å². The van der Waals surface area contributed by atoms with Crippen LogP contribution in [-0.2, 0) is 11.2 Å². The minimum Gasteiger partial charge on any atom is -0.358 e. The molecule has 0 unspecified atom stereocenters. The van der Waals surface area contributed by atoms with E-state index in [0.29, 0.717) is 6.54 Å². The molecule has 1 saturated heterocycles. The molecule has 5 heteroatoms. The van der Waals surface area contributed by atoms with Gasteiger partial charge in [0, 0.05) is 19.3 Å². The molecule has 1 fully saturated rings. The fourth-order valence-electron chi connectivity index (χ4n) is 3.22. The molecule has 0 radical (unpaired) electrons. The minimum absolute atomic E-state index is 0. The summed E-state index contributed by atoms with van der Waals surface area (Å²) in [5, 5.41) is 0. The molecule has 0 spiro atoms. The Labute approximate surface area is 149 Å². The van der Waals surface area contributed by atoms with Crippen molar-refractivity contribution in [3.8, 4) is 0 Å². The number of nitrogens with zero attached hydrogens (tertiary/aromatic N) is 2. The summed E-state index contributed by atoms with van der Waals surface area (Å²) in [7, 11) is 0. The van der Waals surface area contributed by atoms with E-state index in [4.69, 9.17) is 0 Å². The highest BCUT2D eigenvalue weighted by Crippen LogP contribution is 2.25. The van der Waals surface area contributed by atoms with Crippen molar-refractivity contribution < 1.29 is 4.79 Å². The lowest BCUT2D eigenvalue weighted by Crippen LogP contribution is -2.43. The van der Waals surface area contributed by atoms with Crippen LogP contribution in [0.3, 0.4) is 0 Å². The van der Waals surface area contributed by atoms with Crippen LogP contribution in [0.25, 0.3) is 0 Å². The highest BCUT2D eigenvalue weighted by molar-refractivity contribution is 8.03. The van der Waals surface area contributed by atoms with Crippen molar-refractivity contribution in [3.05, 3.63) is 47.0 Å². The third kappa shape index (κ3) is 5.18. The van der Waals surface area contributed by atoms with E-state index in [-0.39, 0.29) is 18.3 Å². The number of thioether (sulfide) groups is 1. The number of amides is 1. The lowest BCUT2D eigenvalue weighted by atomic mass is 9.90. The van der Waals surface area contributed by atoms with E-state index in [9.17, 15) is 4.79 Å². The maximum absolute atomic E-state index is 12.4. The zero-order valence-corrected chi connectivity index (χ0v) is 15.2. The lowest BCUT2D eigenvalue weighted by Gasteiger charge is -2.33. The van der Waals surface area contributed by atoms with Crippen LogP contribution in [0.1, 0.15) is 25.3 Å². The fraction of sp³-hybridized carbons (Fsp3) is 0.500. The van der Waals surface area contributed by atoms with Crippen molar-refractivity contribution in [2.24, 2.45) is 5.92 Å². The van der Waals surface area contributed by atoms with Gasteiger partial charge in [0.1, 0.15) is 0 Å². The van der Waals surface area contributed by atoms with Crippen LogP contribution in [0.4, 0.5) is 0 Å². The summed E-state index contributed by atoms with van der Waals surface area (Å²) in [4.78, 5) is 17.8. The molecular formula is C18H25ClN2OS. The van der Waals surface area contributed by atoms with Gasteiger partial charge in [0.25, 0.3) is 0 Å². The molecule has 126 valence electrons. The Balaban J connectivity index is 0.00000192. The van der Waals surface area contributed by atoms with Crippen LogP contribution >= 0.6 is 24.2 Å². The molecule has 3 nitrogen and oxygen atoms in total. The molecule has 23 heavy (non-hydrogen) atoms. The number of piperidine rings is 1. The number of halogens is 1. The van der Waals surface area contributed by atoms with Gasteiger partial charge in [0.05, 0.1) is 12.4 Å². The SMILES string of the molecule is CC1=CN(CC(=O)N2CCC(Cc3ccccc3)CC2)CS1.Cl. The highest BCUT2D eigenvalue weighted by atomic mass is 35.5. The Kier molecular flexibility index (Phi) is 6.85. The first-order valence-electron chi connectivity index (χ1n) is 8.07. The van der Waals surface area contributed by atoms with Gasteiger partial charge >= 0.3 is 0 Å². The molecule has 0 aromatic heterocycles. The third-order valence-corrected chi connectivity index (χ3v) is 5.52. The molecule has 0 aliphatic carbocycles. The summed E-state index contributed by atoms with van der Waals surface area (Å²) < 4.78 is 0. The van der Waals surface area contributed by atoms with Gasteiger partial charge in [0.15, 0.2) is 0 Å². The third-order valence-electron chi connectivity index (χ3n) is 4.50. The first-order chi connectivity index (χ1) is 10.7. The van der Waals surface area contributed by atoms with Gasteiger partial charge < -0.3 is 9.80 Å². The average Bonchev–Trinajstić information content (AvgIpc) is 2.94. The van der Waals surface area contributed by atoms with Gasteiger partial charge in [-0.2, -0.15) is 0 Å². The second-order valence-corrected chi connectivity index (χ2v) is 7.46. The minimum atomic E-state index is 0. The standard InChI is InChI=1S/C18H24N2OS.ClH/c1-15-12-19(14-22-15)13-18(21)20-9-7-17(8-10-20)11-16-5-3-2-4-6-16;/h2-6,12,17H,7-11,13-14H2,1H3;1H. The zero-order valence-electron chi connectivity index (χ0n) is 13.6. The smallest absolute Gasteiger partial charge is 0.242 e. The van der Waals surface area contributed by atoms with Crippen molar-refractivity contribution in [2.75, 3.05) is 25.5 Å². The number of benzene rings is 1. The second-order valence-electron chi connectivity index (χ2n) is 6.27. The predicted octanol–water partition coefficient (Wildman–Crippen LogP) is 3.76. The van der Waals surface area contributed by atoms with Crippen molar-refractivity contribution in [1.82, 2.24) is 9.80 Å². The summed E-state index contributed by atoms with van der Waals surface area (Å²) in [6.45, 7) is 4.47. The Hall–Kier alpha value is -1.13. The van der Waals surface area contributed by atoms with Crippen LogP contribution in [0.2, 0.25) is 0 Å². The molecular weight excluding hydrogens is 328 g/mol. The summed E-state index contributed by atoms with van der Waals surface area (Å²) in [5.41, 5.74) is 1.42. The monoisotopic (exact) mass is 352 g/mol. The molecule has 2 aliphatic heterocycles. The number of hydrogen-bond acceptors (Lipinski definition) is 3. The number of allylic oxidation sites excluding steroid dienone is 1.